The predicted molar refractivity (Wildman–Crippen MR) is 86.1 cm³/mol. The molecule has 1 unspecified atom stereocenters. The molecule has 0 radical (unpaired) electrons. The van der Waals surface area contributed by atoms with Crippen molar-refractivity contribution in [3.63, 3.8) is 0 Å². The molecule has 2 aromatic rings. The van der Waals surface area contributed by atoms with E-state index in [2.05, 4.69) is 4.98 Å². The van der Waals surface area contributed by atoms with Crippen molar-refractivity contribution < 1.29 is 14.7 Å². The Balaban J connectivity index is 1.98. The summed E-state index contributed by atoms with van der Waals surface area (Å²) in [4.78, 5) is 29.9. The summed E-state index contributed by atoms with van der Waals surface area (Å²) in [7, 11) is 0. The van der Waals surface area contributed by atoms with Gasteiger partial charge in [-0.15, -0.1) is 0 Å². The molecule has 0 saturated carbocycles. The zero-order valence-corrected chi connectivity index (χ0v) is 12.9. The van der Waals surface area contributed by atoms with Crippen LogP contribution in [0.2, 0.25) is 0 Å². The van der Waals surface area contributed by atoms with Gasteiger partial charge in [-0.2, -0.15) is 0 Å². The molecule has 1 N–H and O–H groups in total. The van der Waals surface area contributed by atoms with E-state index in [9.17, 15) is 14.7 Å². The first-order valence-electron chi connectivity index (χ1n) is 7.64. The minimum Gasteiger partial charge on any atom is -0.480 e. The first-order chi connectivity index (χ1) is 11.1. The highest BCUT2D eigenvalue weighted by Crippen LogP contribution is 2.27. The van der Waals surface area contributed by atoms with Gasteiger partial charge in [0.25, 0.3) is 5.91 Å². The van der Waals surface area contributed by atoms with Crippen molar-refractivity contribution in [1.29, 1.82) is 0 Å². The van der Waals surface area contributed by atoms with Crippen LogP contribution < -0.4 is 0 Å². The number of carbonyl (C=O) groups is 2. The van der Waals surface area contributed by atoms with Crippen LogP contribution >= 0.6 is 0 Å². The van der Waals surface area contributed by atoms with E-state index in [-0.39, 0.29) is 5.91 Å². The molecule has 0 spiro atoms. The number of carboxylic acids is 1. The van der Waals surface area contributed by atoms with Crippen molar-refractivity contribution in [3.05, 3.63) is 53.7 Å². The Labute approximate surface area is 134 Å². The van der Waals surface area contributed by atoms with Gasteiger partial charge in [0.15, 0.2) is 0 Å². The second-order valence-electron chi connectivity index (χ2n) is 5.69. The van der Waals surface area contributed by atoms with Crippen LogP contribution in [0.5, 0.6) is 0 Å². The molecule has 1 aliphatic heterocycles. The predicted octanol–water partition coefficient (Wildman–Crippen LogP) is 2.75. The summed E-state index contributed by atoms with van der Waals surface area (Å²) in [5.41, 5.74) is 3.06. The fourth-order valence-corrected chi connectivity index (χ4v) is 3.09. The Morgan fingerprint density at radius 2 is 2.04 bits per heavy atom. The number of aliphatic carboxylic acids is 1. The molecule has 118 valence electrons. The highest BCUT2D eigenvalue weighted by atomic mass is 16.4. The van der Waals surface area contributed by atoms with E-state index in [1.54, 1.807) is 12.3 Å². The second kappa shape index (κ2) is 6.20. The van der Waals surface area contributed by atoms with Crippen molar-refractivity contribution in [2.24, 2.45) is 0 Å². The molecular formula is C18H18N2O3. The van der Waals surface area contributed by atoms with Crippen molar-refractivity contribution >= 4 is 11.9 Å². The Bertz CT molecular complexity index is 743. The smallest absolute Gasteiger partial charge is 0.326 e. The number of aromatic nitrogens is 1. The Morgan fingerprint density at radius 3 is 2.74 bits per heavy atom. The largest absolute Gasteiger partial charge is 0.480 e. The molecule has 2 heterocycles. The van der Waals surface area contributed by atoms with Gasteiger partial charge in [-0.1, -0.05) is 18.2 Å². The van der Waals surface area contributed by atoms with Crippen molar-refractivity contribution in [3.8, 4) is 11.3 Å². The normalized spacial score (nSPS) is 17.3. The summed E-state index contributed by atoms with van der Waals surface area (Å²) in [5.74, 6) is -1.15. The molecule has 5 heteroatoms. The zero-order valence-electron chi connectivity index (χ0n) is 12.9. The van der Waals surface area contributed by atoms with E-state index in [0.29, 0.717) is 18.5 Å². The van der Waals surface area contributed by atoms with Gasteiger partial charge in [-0.25, -0.2) is 4.79 Å². The molecule has 1 aromatic carbocycles. The lowest BCUT2D eigenvalue weighted by Gasteiger charge is -2.23. The van der Waals surface area contributed by atoms with Gasteiger partial charge in [-0.3, -0.25) is 9.78 Å². The summed E-state index contributed by atoms with van der Waals surface area (Å²) in [6, 6.07) is 10.4. The third kappa shape index (κ3) is 2.82. The second-order valence-corrected chi connectivity index (χ2v) is 5.69. The van der Waals surface area contributed by atoms with Gasteiger partial charge >= 0.3 is 5.97 Å². The van der Waals surface area contributed by atoms with Crippen molar-refractivity contribution in [2.45, 2.75) is 25.8 Å². The number of carboxylic acid groups (broad SMARTS) is 1. The maximum absolute atomic E-state index is 12.8. The highest BCUT2D eigenvalue weighted by molar-refractivity contribution is 5.99. The SMILES string of the molecule is Cc1c(C(=O)N2CCCC2C(=O)O)cccc1-c1ccccn1. The minimum absolute atomic E-state index is 0.217. The quantitative estimate of drug-likeness (QED) is 0.946. The first kappa shape index (κ1) is 15.2. The van der Waals surface area contributed by atoms with Crippen LogP contribution in [0.3, 0.4) is 0 Å². The van der Waals surface area contributed by atoms with E-state index < -0.39 is 12.0 Å². The number of carbonyl (C=O) groups excluding carboxylic acids is 1. The van der Waals surface area contributed by atoms with E-state index in [0.717, 1.165) is 23.2 Å². The average molecular weight is 310 g/mol. The molecule has 1 saturated heterocycles. The minimum atomic E-state index is -0.936. The maximum atomic E-state index is 12.8. The van der Waals surface area contributed by atoms with Gasteiger partial charge in [-0.05, 0) is 43.5 Å². The van der Waals surface area contributed by atoms with Gasteiger partial charge in [0, 0.05) is 23.9 Å². The summed E-state index contributed by atoms with van der Waals surface area (Å²) in [6.07, 6.45) is 2.95. The van der Waals surface area contributed by atoms with E-state index in [1.807, 2.05) is 37.3 Å². The van der Waals surface area contributed by atoms with E-state index in [4.69, 9.17) is 0 Å². The lowest BCUT2D eigenvalue weighted by Crippen LogP contribution is -2.40. The van der Waals surface area contributed by atoms with Gasteiger partial charge < -0.3 is 10.0 Å². The summed E-state index contributed by atoms with van der Waals surface area (Å²) in [6.45, 7) is 2.37. The standard InChI is InChI=1S/C18H18N2O3/c1-12-13(15-8-2-3-10-19-15)6-4-7-14(12)17(21)20-11-5-9-16(20)18(22)23/h2-4,6-8,10,16H,5,9,11H2,1H3,(H,22,23). The Kier molecular flexibility index (Phi) is 4.10. The van der Waals surface area contributed by atoms with Gasteiger partial charge in [0.05, 0.1) is 5.69 Å². The number of amides is 1. The molecule has 23 heavy (non-hydrogen) atoms. The molecule has 1 amide bonds. The Hall–Kier alpha value is -2.69. The highest BCUT2D eigenvalue weighted by Gasteiger charge is 2.35. The molecule has 1 aromatic heterocycles. The molecule has 1 fully saturated rings. The molecule has 3 rings (SSSR count). The summed E-state index contributed by atoms with van der Waals surface area (Å²) >= 11 is 0. The molecule has 5 nitrogen and oxygen atoms in total. The lowest BCUT2D eigenvalue weighted by molar-refractivity contribution is -0.141. The van der Waals surface area contributed by atoms with Crippen LogP contribution in [0.4, 0.5) is 0 Å². The summed E-state index contributed by atoms with van der Waals surface area (Å²) < 4.78 is 0. The molecule has 0 bridgehead atoms. The third-order valence-electron chi connectivity index (χ3n) is 4.30. The summed E-state index contributed by atoms with van der Waals surface area (Å²) in [5, 5.41) is 9.28. The van der Waals surface area contributed by atoms with E-state index in [1.165, 1.54) is 4.90 Å². The van der Waals surface area contributed by atoms with Crippen LogP contribution in [0.15, 0.2) is 42.6 Å². The van der Waals surface area contributed by atoms with Crippen LogP contribution in [0.25, 0.3) is 11.3 Å². The van der Waals surface area contributed by atoms with Crippen LogP contribution in [-0.4, -0.2) is 39.5 Å². The molecular weight excluding hydrogens is 292 g/mol. The van der Waals surface area contributed by atoms with Crippen molar-refractivity contribution in [2.75, 3.05) is 6.54 Å². The number of hydrogen-bond acceptors (Lipinski definition) is 3. The first-order valence-corrected chi connectivity index (χ1v) is 7.64. The number of likely N-dealkylation sites (tertiary alicyclic amines) is 1. The average Bonchev–Trinajstić information content (AvgIpc) is 3.05. The van der Waals surface area contributed by atoms with Crippen LogP contribution in [0.1, 0.15) is 28.8 Å². The van der Waals surface area contributed by atoms with E-state index >= 15 is 0 Å². The lowest BCUT2D eigenvalue weighted by atomic mass is 9.98. The van der Waals surface area contributed by atoms with Crippen LogP contribution in [-0.2, 0) is 4.79 Å². The number of rotatable bonds is 3. The van der Waals surface area contributed by atoms with Gasteiger partial charge in [0.1, 0.15) is 6.04 Å². The van der Waals surface area contributed by atoms with Gasteiger partial charge in [0.2, 0.25) is 0 Å². The number of nitrogens with zero attached hydrogens (tertiary/aromatic N) is 2. The van der Waals surface area contributed by atoms with Crippen LogP contribution in [0, 0.1) is 6.92 Å². The molecule has 1 atom stereocenters. The van der Waals surface area contributed by atoms with Crippen molar-refractivity contribution in [1.82, 2.24) is 9.88 Å². The third-order valence-corrected chi connectivity index (χ3v) is 4.30. The Morgan fingerprint density at radius 1 is 1.22 bits per heavy atom. The zero-order chi connectivity index (χ0) is 16.4. The fourth-order valence-electron chi connectivity index (χ4n) is 3.09. The topological polar surface area (TPSA) is 70.5 Å². The molecule has 0 aliphatic carbocycles. The molecule has 1 aliphatic rings. The monoisotopic (exact) mass is 310 g/mol. The number of pyridine rings is 1. The number of benzene rings is 1. The fraction of sp³-hybridized carbons (Fsp3) is 0.278. The number of hydrogen-bond donors (Lipinski definition) is 1. The maximum Gasteiger partial charge on any atom is 0.326 e.